The zero-order valence-corrected chi connectivity index (χ0v) is 29.8. The molecule has 0 aliphatic carbocycles. The lowest BCUT2D eigenvalue weighted by Crippen LogP contribution is -2.28. The summed E-state index contributed by atoms with van der Waals surface area (Å²) in [6.07, 6.45) is 14.4. The quantitative estimate of drug-likeness (QED) is 0.101. The normalized spacial score (nSPS) is 17.2. The Morgan fingerprint density at radius 3 is 2.21 bits per heavy atom. The molecule has 2 heterocycles. The monoisotopic (exact) mass is 657 g/mol. The van der Waals surface area contributed by atoms with Gasteiger partial charge in [0.25, 0.3) is 0 Å². The number of nitrogens with zero attached hydrogens (tertiary/aromatic N) is 2. The molecule has 8 nitrogen and oxygen atoms in total. The number of hydrogen-bond donors (Lipinski definition) is 2. The molecule has 48 heavy (non-hydrogen) atoms. The van der Waals surface area contributed by atoms with Crippen molar-refractivity contribution < 1.29 is 23.6 Å². The molecule has 8 heteroatoms. The summed E-state index contributed by atoms with van der Waals surface area (Å²) in [5.74, 6) is 0.0764. The van der Waals surface area contributed by atoms with Crippen molar-refractivity contribution >= 4 is 23.0 Å². The van der Waals surface area contributed by atoms with Gasteiger partial charge in [-0.3, -0.25) is 4.79 Å². The van der Waals surface area contributed by atoms with Crippen LogP contribution in [-0.2, 0) is 29.8 Å². The maximum atomic E-state index is 12.3. The molecule has 2 aromatic carbocycles. The van der Waals surface area contributed by atoms with Gasteiger partial charge in [0, 0.05) is 60.6 Å². The molecule has 0 saturated heterocycles. The van der Waals surface area contributed by atoms with Gasteiger partial charge in [0.15, 0.2) is 5.71 Å². The van der Waals surface area contributed by atoms with Crippen LogP contribution in [0.1, 0.15) is 64.5 Å². The second-order valence-electron chi connectivity index (χ2n) is 13.5. The molecule has 0 bridgehead atoms. The molecule has 3 N–H and O–H groups in total. The highest BCUT2D eigenvalue weighted by Crippen LogP contribution is 2.47. The Kier molecular flexibility index (Phi) is 14.2. The van der Waals surface area contributed by atoms with Crippen LogP contribution in [0.3, 0.4) is 0 Å². The molecule has 0 radical (unpaired) electrons. The number of anilines is 1. The number of hydrogen-bond acceptors (Lipinski definition) is 6. The van der Waals surface area contributed by atoms with Crippen LogP contribution in [0.2, 0.25) is 0 Å². The lowest BCUT2D eigenvalue weighted by molar-refractivity contribution is -0.401. The van der Waals surface area contributed by atoms with Gasteiger partial charge in [0.05, 0.1) is 45.1 Å². The SMILES string of the molecule is C[N+]1=C(/C=C/C=C/C=C2/N(CCCCCC(=O)NCCOCCOCCOCCN)c3ccccc3C2(C)C)C(C)(C)c2ccccc21. The van der Waals surface area contributed by atoms with Gasteiger partial charge in [-0.15, -0.1) is 0 Å². The minimum absolute atomic E-state index is 0.0359. The van der Waals surface area contributed by atoms with Crippen LogP contribution >= 0.6 is 0 Å². The average Bonchev–Trinajstić information content (AvgIpc) is 3.41. The van der Waals surface area contributed by atoms with Gasteiger partial charge in [0.2, 0.25) is 11.6 Å². The molecule has 260 valence electrons. The van der Waals surface area contributed by atoms with Crippen LogP contribution in [0.4, 0.5) is 11.4 Å². The summed E-state index contributed by atoms with van der Waals surface area (Å²) >= 11 is 0. The Labute approximate surface area is 288 Å². The number of ether oxygens (including phenoxy) is 3. The Hall–Kier alpha value is -3.56. The number of carbonyl (C=O) groups is 1. The van der Waals surface area contributed by atoms with E-state index in [1.165, 1.54) is 33.9 Å². The number of nitrogens with two attached hydrogens (primary N) is 1. The average molecular weight is 658 g/mol. The first-order valence-electron chi connectivity index (χ1n) is 17.5. The van der Waals surface area contributed by atoms with E-state index in [1.54, 1.807) is 0 Å². The fourth-order valence-electron chi connectivity index (χ4n) is 6.75. The molecular formula is C40H57N4O4+. The van der Waals surface area contributed by atoms with Crippen molar-refractivity contribution in [3.63, 3.8) is 0 Å². The van der Waals surface area contributed by atoms with Crippen LogP contribution in [0, 0.1) is 0 Å². The zero-order chi connectivity index (χ0) is 34.4. The minimum atomic E-state index is -0.0956. The molecule has 0 saturated carbocycles. The minimum Gasteiger partial charge on any atom is -0.378 e. The summed E-state index contributed by atoms with van der Waals surface area (Å²) in [5.41, 5.74) is 13.1. The molecule has 4 rings (SSSR count). The fourth-order valence-corrected chi connectivity index (χ4v) is 6.75. The third-order valence-corrected chi connectivity index (χ3v) is 9.33. The van der Waals surface area contributed by atoms with Gasteiger partial charge in [-0.05, 0) is 44.4 Å². The number of amides is 1. The van der Waals surface area contributed by atoms with Crippen LogP contribution in [0.25, 0.3) is 0 Å². The highest BCUT2D eigenvalue weighted by Gasteiger charge is 2.42. The predicted octanol–water partition coefficient (Wildman–Crippen LogP) is 6.17. The van der Waals surface area contributed by atoms with E-state index < -0.39 is 0 Å². The molecule has 2 aliphatic heterocycles. The van der Waals surface area contributed by atoms with Gasteiger partial charge in [0.1, 0.15) is 7.05 Å². The van der Waals surface area contributed by atoms with E-state index in [9.17, 15) is 4.79 Å². The molecule has 1 amide bonds. The predicted molar refractivity (Wildman–Crippen MR) is 196 cm³/mol. The first kappa shape index (κ1) is 37.3. The van der Waals surface area contributed by atoms with Gasteiger partial charge < -0.3 is 30.2 Å². The maximum absolute atomic E-state index is 12.3. The molecule has 0 fully saturated rings. The van der Waals surface area contributed by atoms with Crippen molar-refractivity contribution in [2.45, 2.75) is 64.2 Å². The number of allylic oxidation sites excluding steroid dienone is 6. The van der Waals surface area contributed by atoms with Crippen LogP contribution in [0.15, 0.2) is 84.6 Å². The van der Waals surface area contributed by atoms with E-state index in [4.69, 9.17) is 19.9 Å². The maximum Gasteiger partial charge on any atom is 0.220 e. The van der Waals surface area contributed by atoms with Crippen molar-refractivity contribution in [2.24, 2.45) is 5.73 Å². The van der Waals surface area contributed by atoms with Crippen molar-refractivity contribution in [3.05, 3.63) is 95.7 Å². The first-order chi connectivity index (χ1) is 23.2. The highest BCUT2D eigenvalue weighted by molar-refractivity contribution is 6.03. The van der Waals surface area contributed by atoms with Crippen LogP contribution in [0.5, 0.6) is 0 Å². The van der Waals surface area contributed by atoms with Gasteiger partial charge >= 0.3 is 0 Å². The second-order valence-corrected chi connectivity index (χ2v) is 13.5. The molecule has 0 atom stereocenters. The number of carbonyl (C=O) groups excluding carboxylic acids is 1. The summed E-state index contributed by atoms with van der Waals surface area (Å²) in [7, 11) is 2.15. The largest absolute Gasteiger partial charge is 0.378 e. The number of unbranched alkanes of at least 4 members (excludes halogenated alkanes) is 2. The van der Waals surface area contributed by atoms with Gasteiger partial charge in [-0.2, -0.15) is 4.58 Å². The summed E-state index contributed by atoms with van der Waals surface area (Å²) < 4.78 is 18.5. The van der Waals surface area contributed by atoms with Gasteiger partial charge in [-0.1, -0.05) is 74.9 Å². The topological polar surface area (TPSA) is 89.1 Å². The third-order valence-electron chi connectivity index (χ3n) is 9.33. The first-order valence-corrected chi connectivity index (χ1v) is 17.5. The summed E-state index contributed by atoms with van der Waals surface area (Å²) in [6.45, 7) is 14.3. The van der Waals surface area contributed by atoms with Crippen molar-refractivity contribution in [1.29, 1.82) is 0 Å². The number of rotatable bonds is 20. The van der Waals surface area contributed by atoms with E-state index in [0.29, 0.717) is 59.2 Å². The molecule has 0 unspecified atom stereocenters. The van der Waals surface area contributed by atoms with E-state index in [1.807, 2.05) is 0 Å². The summed E-state index contributed by atoms with van der Waals surface area (Å²) in [4.78, 5) is 14.8. The Morgan fingerprint density at radius 1 is 0.812 bits per heavy atom. The standard InChI is InChI=1S/C40H56N4O4/c1-39(2)32-16-11-13-18-34(32)43(5)36(39)20-8-6-9-21-37-40(3,4)33-17-12-14-19-35(33)44(37)25-15-7-10-22-38(45)42-24-27-47-29-31-48-30-28-46-26-23-41/h6,8-9,11-14,16-21H,7,10,15,22-31,41H2,1-5H3/p+1. The number of benzene rings is 2. The van der Waals surface area contributed by atoms with Crippen molar-refractivity contribution in [2.75, 3.05) is 71.2 Å². The lowest BCUT2D eigenvalue weighted by Gasteiger charge is -2.27. The van der Waals surface area contributed by atoms with Crippen LogP contribution in [-0.4, -0.2) is 82.5 Å². The molecule has 2 aliphatic rings. The van der Waals surface area contributed by atoms with E-state index in [2.05, 4.69) is 128 Å². The Morgan fingerprint density at radius 2 is 1.48 bits per heavy atom. The summed E-state index contributed by atoms with van der Waals surface area (Å²) in [6, 6.07) is 17.4. The number of fused-ring (bicyclic) bond motifs is 2. The third kappa shape index (κ3) is 9.53. The van der Waals surface area contributed by atoms with Gasteiger partial charge in [-0.25, -0.2) is 0 Å². The van der Waals surface area contributed by atoms with Crippen LogP contribution < -0.4 is 16.0 Å². The Bertz CT molecular complexity index is 1470. The number of nitrogens with one attached hydrogen (secondary N) is 1. The second kappa shape index (κ2) is 18.3. The molecule has 2 aromatic rings. The lowest BCUT2D eigenvalue weighted by atomic mass is 9.81. The van der Waals surface area contributed by atoms with E-state index >= 15 is 0 Å². The fraction of sp³-hybridized carbons (Fsp3) is 0.500. The molecular weight excluding hydrogens is 600 g/mol. The van der Waals surface area contributed by atoms with E-state index in [0.717, 1.165) is 25.8 Å². The Balaban J connectivity index is 1.22. The van der Waals surface area contributed by atoms with Crippen molar-refractivity contribution in [1.82, 2.24) is 5.32 Å². The van der Waals surface area contributed by atoms with Crippen molar-refractivity contribution in [3.8, 4) is 0 Å². The zero-order valence-electron chi connectivity index (χ0n) is 29.8. The molecule has 0 spiro atoms. The number of para-hydroxylation sites is 2. The summed E-state index contributed by atoms with van der Waals surface area (Å²) in [5, 5.41) is 2.96. The smallest absolute Gasteiger partial charge is 0.220 e. The van der Waals surface area contributed by atoms with E-state index in [-0.39, 0.29) is 16.7 Å². The molecule has 0 aromatic heterocycles. The highest BCUT2D eigenvalue weighted by atomic mass is 16.5.